The number of rotatable bonds is 2. The Labute approximate surface area is 93.2 Å². The number of nitrogens with two attached hydrogens (primary N) is 1. The van der Waals surface area contributed by atoms with Crippen molar-refractivity contribution in [2.24, 2.45) is 17.6 Å². The van der Waals surface area contributed by atoms with Crippen molar-refractivity contribution in [3.63, 3.8) is 0 Å². The zero-order valence-electron chi connectivity index (χ0n) is 9.84. The van der Waals surface area contributed by atoms with Crippen LogP contribution in [0.5, 0.6) is 0 Å². The van der Waals surface area contributed by atoms with Gasteiger partial charge in [0.1, 0.15) is 0 Å². The molecule has 2 aliphatic heterocycles. The molecule has 0 bridgehead atoms. The van der Waals surface area contributed by atoms with E-state index in [1.54, 1.807) is 0 Å². The molecule has 0 radical (unpaired) electrons. The number of piperidine rings is 2. The Hall–Kier alpha value is -0.120. The molecule has 0 spiro atoms. The fourth-order valence-electron chi connectivity index (χ4n) is 3.18. The first-order valence-corrected chi connectivity index (χ1v) is 6.48. The summed E-state index contributed by atoms with van der Waals surface area (Å²) in [6, 6.07) is 1.37. The maximum atomic E-state index is 5.89. The summed E-state index contributed by atoms with van der Waals surface area (Å²) in [4.78, 5) is 0. The summed E-state index contributed by atoms with van der Waals surface area (Å²) in [7, 11) is 0. The summed E-state index contributed by atoms with van der Waals surface area (Å²) in [6.45, 7) is 5.54. The van der Waals surface area contributed by atoms with E-state index >= 15 is 0 Å². The SMILES string of the molecule is CC1CCC(CN)C(C2CCNCC2)N1. The highest BCUT2D eigenvalue weighted by atomic mass is 15.0. The smallest absolute Gasteiger partial charge is 0.0139 e. The Morgan fingerprint density at radius 3 is 2.53 bits per heavy atom. The Bertz CT molecular complexity index is 189. The third kappa shape index (κ3) is 2.71. The molecule has 2 aliphatic rings. The van der Waals surface area contributed by atoms with Gasteiger partial charge in [0.15, 0.2) is 0 Å². The molecular weight excluding hydrogens is 186 g/mol. The van der Waals surface area contributed by atoms with Gasteiger partial charge in [-0.15, -0.1) is 0 Å². The quantitative estimate of drug-likeness (QED) is 0.630. The third-order valence-corrected chi connectivity index (χ3v) is 4.15. The van der Waals surface area contributed by atoms with E-state index in [4.69, 9.17) is 5.73 Å². The van der Waals surface area contributed by atoms with Gasteiger partial charge in [-0.25, -0.2) is 0 Å². The molecule has 0 saturated carbocycles. The van der Waals surface area contributed by atoms with E-state index in [1.165, 1.54) is 38.8 Å². The number of hydrogen-bond donors (Lipinski definition) is 3. The minimum absolute atomic E-state index is 0.681. The van der Waals surface area contributed by atoms with Gasteiger partial charge in [-0.05, 0) is 64.1 Å². The van der Waals surface area contributed by atoms with Crippen LogP contribution < -0.4 is 16.4 Å². The van der Waals surface area contributed by atoms with Crippen molar-refractivity contribution in [1.29, 1.82) is 0 Å². The van der Waals surface area contributed by atoms with E-state index in [2.05, 4.69) is 17.6 Å². The third-order valence-electron chi connectivity index (χ3n) is 4.15. The standard InChI is InChI=1S/C12H25N3/c1-9-2-3-11(8-13)12(15-9)10-4-6-14-7-5-10/h9-12,14-15H,2-8,13H2,1H3. The largest absolute Gasteiger partial charge is 0.330 e. The molecule has 0 aliphatic carbocycles. The summed E-state index contributed by atoms with van der Waals surface area (Å²) < 4.78 is 0. The van der Waals surface area contributed by atoms with Gasteiger partial charge >= 0.3 is 0 Å². The number of nitrogens with one attached hydrogen (secondary N) is 2. The van der Waals surface area contributed by atoms with Crippen LogP contribution >= 0.6 is 0 Å². The van der Waals surface area contributed by atoms with Gasteiger partial charge in [0.2, 0.25) is 0 Å². The lowest BCUT2D eigenvalue weighted by atomic mass is 9.77. The maximum absolute atomic E-state index is 5.89. The molecule has 0 amide bonds. The van der Waals surface area contributed by atoms with Gasteiger partial charge in [0, 0.05) is 12.1 Å². The minimum atomic E-state index is 0.681. The van der Waals surface area contributed by atoms with Crippen LogP contribution in [0.15, 0.2) is 0 Å². The molecule has 4 N–H and O–H groups in total. The molecule has 88 valence electrons. The van der Waals surface area contributed by atoms with Crippen molar-refractivity contribution < 1.29 is 0 Å². The first kappa shape index (κ1) is 11.4. The molecule has 3 unspecified atom stereocenters. The fraction of sp³-hybridized carbons (Fsp3) is 1.00. The van der Waals surface area contributed by atoms with Gasteiger partial charge in [-0.3, -0.25) is 0 Å². The van der Waals surface area contributed by atoms with Crippen LogP contribution in [0.25, 0.3) is 0 Å². The summed E-state index contributed by atoms with van der Waals surface area (Å²) in [5.41, 5.74) is 5.89. The lowest BCUT2D eigenvalue weighted by Gasteiger charge is -2.42. The molecular formula is C12H25N3. The van der Waals surface area contributed by atoms with Crippen LogP contribution in [-0.4, -0.2) is 31.7 Å². The second kappa shape index (κ2) is 5.28. The molecule has 3 nitrogen and oxygen atoms in total. The number of hydrogen-bond acceptors (Lipinski definition) is 3. The molecule has 2 heterocycles. The van der Waals surface area contributed by atoms with Crippen LogP contribution in [0.4, 0.5) is 0 Å². The van der Waals surface area contributed by atoms with Gasteiger partial charge < -0.3 is 16.4 Å². The van der Waals surface area contributed by atoms with E-state index in [0.717, 1.165) is 12.5 Å². The summed E-state index contributed by atoms with van der Waals surface area (Å²) in [5.74, 6) is 1.56. The topological polar surface area (TPSA) is 50.1 Å². The highest BCUT2D eigenvalue weighted by molar-refractivity contribution is 4.91. The van der Waals surface area contributed by atoms with E-state index in [9.17, 15) is 0 Å². The first-order chi connectivity index (χ1) is 7.31. The Balaban J connectivity index is 1.95. The molecule has 0 aromatic carbocycles. The minimum Gasteiger partial charge on any atom is -0.330 e. The van der Waals surface area contributed by atoms with Crippen LogP contribution in [-0.2, 0) is 0 Å². The Morgan fingerprint density at radius 2 is 1.87 bits per heavy atom. The molecule has 0 aromatic rings. The van der Waals surface area contributed by atoms with Crippen LogP contribution in [0.1, 0.15) is 32.6 Å². The fourth-order valence-corrected chi connectivity index (χ4v) is 3.18. The van der Waals surface area contributed by atoms with E-state index in [1.807, 2.05) is 0 Å². The van der Waals surface area contributed by atoms with E-state index in [0.29, 0.717) is 18.0 Å². The molecule has 3 heteroatoms. The van der Waals surface area contributed by atoms with Crippen molar-refractivity contribution in [2.75, 3.05) is 19.6 Å². The lowest BCUT2D eigenvalue weighted by molar-refractivity contribution is 0.157. The summed E-state index contributed by atoms with van der Waals surface area (Å²) in [6.07, 6.45) is 5.25. The molecule has 0 aromatic heterocycles. The monoisotopic (exact) mass is 211 g/mol. The van der Waals surface area contributed by atoms with Gasteiger partial charge in [0.25, 0.3) is 0 Å². The zero-order chi connectivity index (χ0) is 10.7. The first-order valence-electron chi connectivity index (χ1n) is 6.48. The normalized spacial score (nSPS) is 39.2. The molecule has 15 heavy (non-hydrogen) atoms. The molecule has 2 fully saturated rings. The lowest BCUT2D eigenvalue weighted by Crippen LogP contribution is -2.54. The van der Waals surface area contributed by atoms with E-state index in [-0.39, 0.29) is 0 Å². The van der Waals surface area contributed by atoms with Crippen molar-refractivity contribution in [3.05, 3.63) is 0 Å². The van der Waals surface area contributed by atoms with Crippen LogP contribution in [0.3, 0.4) is 0 Å². The van der Waals surface area contributed by atoms with Gasteiger partial charge in [0.05, 0.1) is 0 Å². The highest BCUT2D eigenvalue weighted by Gasteiger charge is 2.33. The average molecular weight is 211 g/mol. The predicted octanol–water partition coefficient (Wildman–Crippen LogP) is 0.701. The van der Waals surface area contributed by atoms with Gasteiger partial charge in [-0.2, -0.15) is 0 Å². The van der Waals surface area contributed by atoms with Crippen LogP contribution in [0, 0.1) is 11.8 Å². The highest BCUT2D eigenvalue weighted by Crippen LogP contribution is 2.28. The Morgan fingerprint density at radius 1 is 1.13 bits per heavy atom. The molecule has 2 saturated heterocycles. The van der Waals surface area contributed by atoms with Crippen molar-refractivity contribution in [1.82, 2.24) is 10.6 Å². The zero-order valence-corrected chi connectivity index (χ0v) is 9.84. The van der Waals surface area contributed by atoms with Crippen molar-refractivity contribution in [2.45, 2.75) is 44.7 Å². The van der Waals surface area contributed by atoms with E-state index < -0.39 is 0 Å². The predicted molar refractivity (Wildman–Crippen MR) is 63.8 cm³/mol. The Kier molecular flexibility index (Phi) is 4.00. The second-order valence-corrected chi connectivity index (χ2v) is 5.25. The summed E-state index contributed by atoms with van der Waals surface area (Å²) >= 11 is 0. The summed E-state index contributed by atoms with van der Waals surface area (Å²) in [5, 5.41) is 7.22. The molecule has 2 rings (SSSR count). The second-order valence-electron chi connectivity index (χ2n) is 5.25. The van der Waals surface area contributed by atoms with Crippen molar-refractivity contribution in [3.8, 4) is 0 Å². The average Bonchev–Trinajstić information content (AvgIpc) is 2.30. The van der Waals surface area contributed by atoms with Crippen LogP contribution in [0.2, 0.25) is 0 Å². The van der Waals surface area contributed by atoms with Crippen molar-refractivity contribution >= 4 is 0 Å². The van der Waals surface area contributed by atoms with Gasteiger partial charge in [-0.1, -0.05) is 0 Å². The maximum Gasteiger partial charge on any atom is 0.0139 e. The molecule has 3 atom stereocenters.